The minimum atomic E-state index is -3.79. The SMILES string of the molecule is Cc1cccc(C)c1NS(=O)(=O)c1ccc(NC(=O)C(NC(=O)c2cccs2)C(C)C)cc1. The Hall–Kier alpha value is -3.17. The number of rotatable bonds is 8. The Bertz CT molecular complexity index is 1210. The van der Waals surface area contributed by atoms with Crippen molar-refractivity contribution in [3.8, 4) is 0 Å². The lowest BCUT2D eigenvalue weighted by atomic mass is 10.0. The van der Waals surface area contributed by atoms with Crippen molar-refractivity contribution in [3.05, 3.63) is 76.0 Å². The average molecular weight is 486 g/mol. The third-order valence-corrected chi connectivity index (χ3v) is 7.36. The van der Waals surface area contributed by atoms with Crippen molar-refractivity contribution in [1.29, 1.82) is 0 Å². The monoisotopic (exact) mass is 485 g/mol. The Labute approximate surface area is 198 Å². The van der Waals surface area contributed by atoms with Gasteiger partial charge in [0.15, 0.2) is 0 Å². The zero-order valence-electron chi connectivity index (χ0n) is 18.9. The molecule has 0 spiro atoms. The fraction of sp³-hybridized carbons (Fsp3) is 0.250. The number of sulfonamides is 1. The second kappa shape index (κ2) is 10.2. The van der Waals surface area contributed by atoms with E-state index < -0.39 is 16.1 Å². The highest BCUT2D eigenvalue weighted by Gasteiger charge is 2.25. The van der Waals surface area contributed by atoms with E-state index in [1.807, 2.05) is 45.9 Å². The largest absolute Gasteiger partial charge is 0.339 e. The molecule has 9 heteroatoms. The molecule has 0 saturated heterocycles. The van der Waals surface area contributed by atoms with Crippen molar-refractivity contribution in [3.63, 3.8) is 0 Å². The van der Waals surface area contributed by atoms with Crippen molar-refractivity contribution in [2.45, 2.75) is 38.6 Å². The van der Waals surface area contributed by atoms with Crippen LogP contribution in [0.25, 0.3) is 0 Å². The predicted octanol–water partition coefficient (Wildman–Crippen LogP) is 4.56. The van der Waals surface area contributed by atoms with Gasteiger partial charge in [-0.2, -0.15) is 0 Å². The summed E-state index contributed by atoms with van der Waals surface area (Å²) in [4.78, 5) is 25.8. The molecule has 0 aliphatic heterocycles. The van der Waals surface area contributed by atoms with Gasteiger partial charge in [-0.05, 0) is 66.6 Å². The summed E-state index contributed by atoms with van der Waals surface area (Å²) in [5.41, 5.74) is 2.64. The number of carbonyl (C=O) groups excluding carboxylic acids is 2. The number of thiophene rings is 1. The van der Waals surface area contributed by atoms with Crippen LogP contribution in [-0.4, -0.2) is 26.3 Å². The Kier molecular flexibility index (Phi) is 7.55. The lowest BCUT2D eigenvalue weighted by Gasteiger charge is -2.21. The first-order valence-corrected chi connectivity index (χ1v) is 12.8. The van der Waals surface area contributed by atoms with E-state index in [4.69, 9.17) is 0 Å². The van der Waals surface area contributed by atoms with Gasteiger partial charge in [0.05, 0.1) is 15.5 Å². The molecule has 1 atom stereocenters. The normalized spacial score (nSPS) is 12.3. The van der Waals surface area contributed by atoms with E-state index in [1.54, 1.807) is 17.5 Å². The third-order valence-electron chi connectivity index (χ3n) is 5.13. The highest BCUT2D eigenvalue weighted by Crippen LogP contribution is 2.24. The van der Waals surface area contributed by atoms with Crippen molar-refractivity contribution in [2.24, 2.45) is 5.92 Å². The van der Waals surface area contributed by atoms with E-state index in [-0.39, 0.29) is 22.6 Å². The van der Waals surface area contributed by atoms with Gasteiger partial charge < -0.3 is 10.6 Å². The lowest BCUT2D eigenvalue weighted by molar-refractivity contribution is -0.118. The van der Waals surface area contributed by atoms with Gasteiger partial charge in [0.2, 0.25) is 5.91 Å². The van der Waals surface area contributed by atoms with Crippen molar-refractivity contribution in [2.75, 3.05) is 10.0 Å². The molecule has 0 radical (unpaired) electrons. The first-order chi connectivity index (χ1) is 15.6. The van der Waals surface area contributed by atoms with E-state index in [0.717, 1.165) is 11.1 Å². The molecule has 0 saturated carbocycles. The standard InChI is InChI=1S/C24H27N3O4S2/c1-15(2)21(26-23(28)20-9-6-14-32-20)24(29)25-18-10-12-19(13-11-18)33(30,31)27-22-16(3)7-5-8-17(22)4/h5-15,21,27H,1-4H3,(H,25,29)(H,26,28). The summed E-state index contributed by atoms with van der Waals surface area (Å²) >= 11 is 1.30. The minimum Gasteiger partial charge on any atom is -0.339 e. The zero-order valence-corrected chi connectivity index (χ0v) is 20.5. The van der Waals surface area contributed by atoms with Gasteiger partial charge in [-0.25, -0.2) is 8.42 Å². The van der Waals surface area contributed by atoms with Crippen molar-refractivity contribution in [1.82, 2.24) is 5.32 Å². The Morgan fingerprint density at radius 3 is 2.09 bits per heavy atom. The molecular weight excluding hydrogens is 458 g/mol. The summed E-state index contributed by atoms with van der Waals surface area (Å²) in [6.07, 6.45) is 0. The van der Waals surface area contributed by atoms with E-state index in [1.165, 1.54) is 35.6 Å². The Morgan fingerprint density at radius 2 is 1.55 bits per heavy atom. The molecule has 1 heterocycles. The Morgan fingerprint density at radius 1 is 0.909 bits per heavy atom. The minimum absolute atomic E-state index is 0.0783. The van der Waals surface area contributed by atoms with Crippen LogP contribution < -0.4 is 15.4 Å². The molecule has 3 aromatic rings. The van der Waals surface area contributed by atoms with Crippen molar-refractivity contribution < 1.29 is 18.0 Å². The van der Waals surface area contributed by atoms with Gasteiger partial charge in [0, 0.05) is 5.69 Å². The first kappa shape index (κ1) is 24.5. The number of para-hydroxylation sites is 1. The highest BCUT2D eigenvalue weighted by molar-refractivity contribution is 7.92. The van der Waals surface area contributed by atoms with E-state index in [9.17, 15) is 18.0 Å². The van der Waals surface area contributed by atoms with Crippen LogP contribution in [-0.2, 0) is 14.8 Å². The highest BCUT2D eigenvalue weighted by atomic mass is 32.2. The zero-order chi connectivity index (χ0) is 24.2. The quantitative estimate of drug-likeness (QED) is 0.435. The van der Waals surface area contributed by atoms with Gasteiger partial charge >= 0.3 is 0 Å². The molecule has 0 fully saturated rings. The maximum atomic E-state index is 12.8. The Balaban J connectivity index is 1.71. The molecule has 33 heavy (non-hydrogen) atoms. The molecule has 1 aromatic heterocycles. The maximum absolute atomic E-state index is 12.8. The lowest BCUT2D eigenvalue weighted by Crippen LogP contribution is -2.46. The summed E-state index contributed by atoms with van der Waals surface area (Å²) in [5, 5.41) is 7.32. The van der Waals surface area contributed by atoms with Crippen molar-refractivity contribution >= 4 is 44.5 Å². The summed E-state index contributed by atoms with van der Waals surface area (Å²) in [6, 6.07) is 14.2. The van der Waals surface area contributed by atoms with Crippen LogP contribution in [0, 0.1) is 19.8 Å². The third kappa shape index (κ3) is 6.00. The molecule has 0 bridgehead atoms. The van der Waals surface area contributed by atoms with Crippen LogP contribution in [0.4, 0.5) is 11.4 Å². The maximum Gasteiger partial charge on any atom is 0.262 e. The van der Waals surface area contributed by atoms with Crippen LogP contribution in [0.3, 0.4) is 0 Å². The second-order valence-electron chi connectivity index (χ2n) is 8.06. The van der Waals surface area contributed by atoms with Crippen LogP contribution >= 0.6 is 11.3 Å². The molecule has 1 unspecified atom stereocenters. The average Bonchev–Trinajstić information content (AvgIpc) is 3.30. The summed E-state index contributed by atoms with van der Waals surface area (Å²) < 4.78 is 28.3. The number of aryl methyl sites for hydroxylation is 2. The van der Waals surface area contributed by atoms with E-state index in [2.05, 4.69) is 15.4 Å². The number of nitrogens with one attached hydrogen (secondary N) is 3. The molecule has 0 aliphatic carbocycles. The number of benzene rings is 2. The van der Waals surface area contributed by atoms with Gasteiger partial charge in [0.1, 0.15) is 6.04 Å². The molecule has 0 aliphatic rings. The van der Waals surface area contributed by atoms with Crippen LogP contribution in [0.1, 0.15) is 34.6 Å². The number of carbonyl (C=O) groups is 2. The van der Waals surface area contributed by atoms with E-state index >= 15 is 0 Å². The molecule has 3 rings (SSSR count). The summed E-state index contributed by atoms with van der Waals surface area (Å²) in [7, 11) is -3.79. The molecule has 7 nitrogen and oxygen atoms in total. The van der Waals surface area contributed by atoms with E-state index in [0.29, 0.717) is 16.3 Å². The van der Waals surface area contributed by atoms with Gasteiger partial charge in [-0.1, -0.05) is 38.1 Å². The number of hydrogen-bond acceptors (Lipinski definition) is 5. The number of anilines is 2. The number of hydrogen-bond donors (Lipinski definition) is 3. The fourth-order valence-corrected chi connectivity index (χ4v) is 5.09. The predicted molar refractivity (Wildman–Crippen MR) is 132 cm³/mol. The number of amides is 2. The fourth-order valence-electron chi connectivity index (χ4n) is 3.26. The molecule has 2 amide bonds. The summed E-state index contributed by atoms with van der Waals surface area (Å²) in [5.74, 6) is -0.827. The van der Waals surface area contributed by atoms with Gasteiger partial charge in [0.25, 0.3) is 15.9 Å². The second-order valence-corrected chi connectivity index (χ2v) is 10.7. The van der Waals surface area contributed by atoms with Crippen LogP contribution in [0.15, 0.2) is 64.9 Å². The smallest absolute Gasteiger partial charge is 0.262 e. The molecule has 3 N–H and O–H groups in total. The molecule has 2 aromatic carbocycles. The summed E-state index contributed by atoms with van der Waals surface area (Å²) in [6.45, 7) is 7.36. The molecule has 174 valence electrons. The molecular formula is C24H27N3O4S2. The first-order valence-electron chi connectivity index (χ1n) is 10.4. The van der Waals surface area contributed by atoms with Gasteiger partial charge in [-0.15, -0.1) is 11.3 Å². The van der Waals surface area contributed by atoms with Crippen LogP contribution in [0.5, 0.6) is 0 Å². The topological polar surface area (TPSA) is 104 Å². The van der Waals surface area contributed by atoms with Gasteiger partial charge in [-0.3, -0.25) is 14.3 Å². The van der Waals surface area contributed by atoms with Crippen LogP contribution in [0.2, 0.25) is 0 Å².